The molecular weight excluding hydrogens is 589 g/mol. The van der Waals surface area contributed by atoms with Gasteiger partial charge >= 0.3 is 0 Å². The molecule has 1 saturated carbocycles. The maximum Gasteiger partial charge on any atom is 0.275 e. The van der Waals surface area contributed by atoms with Crippen LogP contribution in [0.25, 0.3) is 11.3 Å². The van der Waals surface area contributed by atoms with Crippen molar-refractivity contribution < 1.29 is 19.4 Å². The Hall–Kier alpha value is -2.40. The van der Waals surface area contributed by atoms with E-state index in [9.17, 15) is 9.90 Å². The number of methoxy groups -OCH3 is 1. The van der Waals surface area contributed by atoms with Crippen LogP contribution in [-0.2, 0) is 4.74 Å². The van der Waals surface area contributed by atoms with Crippen LogP contribution in [0, 0.1) is 0 Å². The van der Waals surface area contributed by atoms with Gasteiger partial charge in [0, 0.05) is 57.0 Å². The number of carbonyl (C=O) groups is 1. The van der Waals surface area contributed by atoms with E-state index in [4.69, 9.17) is 9.47 Å². The normalized spacial score (nSPS) is 22.0. The SMILES string of the molecule is COC[C@]1(O)CCCC[C@H]1n1cnc(C(=O)N2CCNC[C@H]2CCOc2ccccn2)c1-c1ccccc1.Cl.Cl.Cl. The van der Waals surface area contributed by atoms with Crippen LogP contribution < -0.4 is 10.1 Å². The minimum absolute atomic E-state index is 0. The van der Waals surface area contributed by atoms with Gasteiger partial charge in [-0.05, 0) is 18.9 Å². The second-order valence-corrected chi connectivity index (χ2v) is 10.2. The van der Waals surface area contributed by atoms with E-state index in [0.717, 1.165) is 37.1 Å². The number of piperazine rings is 1. The van der Waals surface area contributed by atoms with Gasteiger partial charge in [0.1, 0.15) is 5.60 Å². The number of carbonyl (C=O) groups excluding carboxylic acids is 1. The van der Waals surface area contributed by atoms with Gasteiger partial charge in [-0.1, -0.05) is 49.2 Å². The van der Waals surface area contributed by atoms with Gasteiger partial charge in [0.15, 0.2) is 5.69 Å². The Balaban J connectivity index is 0.00000196. The highest BCUT2D eigenvalue weighted by atomic mass is 35.5. The second-order valence-electron chi connectivity index (χ2n) is 10.2. The van der Waals surface area contributed by atoms with Crippen molar-refractivity contribution in [2.75, 3.05) is 40.0 Å². The molecule has 1 saturated heterocycles. The van der Waals surface area contributed by atoms with Crippen LogP contribution in [0.5, 0.6) is 5.88 Å². The number of ether oxygens (including phenoxy) is 2. The zero-order chi connectivity index (χ0) is 26.4. The first-order chi connectivity index (χ1) is 18.6. The highest BCUT2D eigenvalue weighted by Crippen LogP contribution is 2.41. The molecule has 41 heavy (non-hydrogen) atoms. The monoisotopic (exact) mass is 627 g/mol. The Labute approximate surface area is 260 Å². The summed E-state index contributed by atoms with van der Waals surface area (Å²) in [6.07, 6.45) is 7.50. The number of aliphatic hydroxyl groups is 1. The number of nitrogens with one attached hydrogen (secondary N) is 1. The molecule has 0 radical (unpaired) electrons. The van der Waals surface area contributed by atoms with Crippen LogP contribution in [0.3, 0.4) is 0 Å². The topological polar surface area (TPSA) is 102 Å². The Bertz CT molecular complexity index is 1200. The number of amides is 1. The number of benzene rings is 1. The molecule has 1 aliphatic carbocycles. The standard InChI is InChI=1S/C29H37N5O4.3ClH/c1-37-20-29(36)14-7-5-11-24(29)34-21-32-26(27(34)22-9-3-2-4-10-22)28(35)33-17-16-30-19-23(33)13-18-38-25-12-6-8-15-31-25;;;/h2-4,6,8-10,12,15,21,23-24,30,36H,5,7,11,13-14,16-20H2,1H3;3*1H/t23-,24-,29-;;;/m1.../s1. The lowest BCUT2D eigenvalue weighted by molar-refractivity contribution is -0.0893. The smallest absolute Gasteiger partial charge is 0.275 e. The summed E-state index contributed by atoms with van der Waals surface area (Å²) in [5.74, 6) is 0.480. The van der Waals surface area contributed by atoms with Crippen LogP contribution >= 0.6 is 37.2 Å². The van der Waals surface area contributed by atoms with E-state index in [1.54, 1.807) is 19.6 Å². The van der Waals surface area contributed by atoms with Crippen molar-refractivity contribution in [3.8, 4) is 17.1 Å². The fourth-order valence-electron chi connectivity index (χ4n) is 5.81. The molecule has 5 rings (SSSR count). The largest absolute Gasteiger partial charge is 0.478 e. The molecule has 0 bridgehead atoms. The number of imidazole rings is 1. The van der Waals surface area contributed by atoms with Gasteiger partial charge < -0.3 is 29.4 Å². The Morgan fingerprint density at radius 3 is 2.61 bits per heavy atom. The number of nitrogens with zero attached hydrogens (tertiary/aromatic N) is 4. The molecule has 0 unspecified atom stereocenters. The van der Waals surface area contributed by atoms with E-state index in [1.807, 2.05) is 58.0 Å². The van der Waals surface area contributed by atoms with E-state index in [-0.39, 0.29) is 61.8 Å². The molecule has 3 aromatic rings. The van der Waals surface area contributed by atoms with E-state index in [1.165, 1.54) is 0 Å². The van der Waals surface area contributed by atoms with Crippen molar-refractivity contribution in [1.82, 2.24) is 24.8 Å². The second kappa shape index (κ2) is 16.3. The minimum Gasteiger partial charge on any atom is -0.478 e. The predicted octanol–water partition coefficient (Wildman–Crippen LogP) is 4.59. The third kappa shape index (κ3) is 7.91. The van der Waals surface area contributed by atoms with Crippen LogP contribution in [0.1, 0.15) is 48.6 Å². The number of pyridine rings is 1. The van der Waals surface area contributed by atoms with E-state index in [0.29, 0.717) is 44.1 Å². The summed E-state index contributed by atoms with van der Waals surface area (Å²) >= 11 is 0. The minimum atomic E-state index is -1.02. The molecule has 1 amide bonds. The van der Waals surface area contributed by atoms with E-state index < -0.39 is 5.60 Å². The highest BCUT2D eigenvalue weighted by Gasteiger charge is 2.42. The van der Waals surface area contributed by atoms with E-state index >= 15 is 0 Å². The van der Waals surface area contributed by atoms with Crippen molar-refractivity contribution >= 4 is 43.1 Å². The molecule has 1 aromatic carbocycles. The van der Waals surface area contributed by atoms with Crippen molar-refractivity contribution in [2.24, 2.45) is 0 Å². The van der Waals surface area contributed by atoms with Gasteiger partial charge in [-0.25, -0.2) is 9.97 Å². The first-order valence-corrected chi connectivity index (χ1v) is 13.5. The lowest BCUT2D eigenvalue weighted by atomic mass is 9.80. The number of hydrogen-bond donors (Lipinski definition) is 2. The molecule has 3 heterocycles. The molecule has 12 heteroatoms. The summed E-state index contributed by atoms with van der Waals surface area (Å²) in [6, 6.07) is 15.2. The Morgan fingerprint density at radius 2 is 1.88 bits per heavy atom. The van der Waals surface area contributed by atoms with Gasteiger partial charge in [-0.15, -0.1) is 37.2 Å². The van der Waals surface area contributed by atoms with Crippen LogP contribution in [0.15, 0.2) is 61.1 Å². The van der Waals surface area contributed by atoms with E-state index in [2.05, 4.69) is 15.3 Å². The summed E-state index contributed by atoms with van der Waals surface area (Å²) in [5.41, 5.74) is 1.06. The summed E-state index contributed by atoms with van der Waals surface area (Å²) in [6.45, 7) is 2.70. The van der Waals surface area contributed by atoms with Crippen LogP contribution in [0.2, 0.25) is 0 Å². The summed E-state index contributed by atoms with van der Waals surface area (Å²) < 4.78 is 13.3. The summed E-state index contributed by atoms with van der Waals surface area (Å²) in [4.78, 5) is 24.9. The quantitative estimate of drug-likeness (QED) is 0.358. The molecule has 9 nitrogen and oxygen atoms in total. The molecule has 0 spiro atoms. The Morgan fingerprint density at radius 1 is 1.10 bits per heavy atom. The number of rotatable bonds is 9. The van der Waals surface area contributed by atoms with Crippen molar-refractivity contribution in [3.63, 3.8) is 0 Å². The van der Waals surface area contributed by atoms with Gasteiger partial charge in [0.25, 0.3) is 5.91 Å². The van der Waals surface area contributed by atoms with Crippen molar-refractivity contribution in [3.05, 3.63) is 66.7 Å². The lowest BCUT2D eigenvalue weighted by Gasteiger charge is -2.41. The fraction of sp³-hybridized carbons (Fsp3) is 0.483. The lowest BCUT2D eigenvalue weighted by Crippen LogP contribution is -2.54. The number of hydrogen-bond acceptors (Lipinski definition) is 7. The number of halogens is 3. The van der Waals surface area contributed by atoms with Crippen molar-refractivity contribution in [2.45, 2.75) is 49.8 Å². The maximum atomic E-state index is 14.1. The third-order valence-electron chi connectivity index (χ3n) is 7.68. The average molecular weight is 629 g/mol. The molecular formula is C29H40Cl3N5O4. The molecule has 226 valence electrons. The van der Waals surface area contributed by atoms with Crippen LogP contribution in [0.4, 0.5) is 0 Å². The predicted molar refractivity (Wildman–Crippen MR) is 166 cm³/mol. The summed E-state index contributed by atoms with van der Waals surface area (Å²) in [5, 5.41) is 15.0. The molecule has 2 aliphatic rings. The first-order valence-electron chi connectivity index (χ1n) is 13.5. The maximum absolute atomic E-state index is 14.1. The first kappa shape index (κ1) is 34.8. The van der Waals surface area contributed by atoms with Crippen molar-refractivity contribution in [1.29, 1.82) is 0 Å². The van der Waals surface area contributed by atoms with Gasteiger partial charge in [-0.3, -0.25) is 4.79 Å². The molecule has 1 aliphatic heterocycles. The Kier molecular flexibility index (Phi) is 13.8. The fourth-order valence-corrected chi connectivity index (χ4v) is 5.81. The molecule has 2 aromatic heterocycles. The van der Waals surface area contributed by atoms with Gasteiger partial charge in [0.05, 0.1) is 31.3 Å². The highest BCUT2D eigenvalue weighted by molar-refractivity contribution is 5.98. The molecule has 3 atom stereocenters. The zero-order valence-corrected chi connectivity index (χ0v) is 25.6. The zero-order valence-electron chi connectivity index (χ0n) is 23.2. The van der Waals surface area contributed by atoms with Gasteiger partial charge in [0.2, 0.25) is 5.88 Å². The van der Waals surface area contributed by atoms with Crippen LogP contribution in [-0.4, -0.2) is 82.0 Å². The number of aromatic nitrogens is 3. The third-order valence-corrected chi connectivity index (χ3v) is 7.68. The summed E-state index contributed by atoms with van der Waals surface area (Å²) in [7, 11) is 1.62. The van der Waals surface area contributed by atoms with Gasteiger partial charge in [-0.2, -0.15) is 0 Å². The average Bonchev–Trinajstić information content (AvgIpc) is 3.39. The molecule has 2 fully saturated rings. The molecule has 2 N–H and O–H groups in total.